The van der Waals surface area contributed by atoms with Gasteiger partial charge in [-0.25, -0.2) is 17.9 Å². The Hall–Kier alpha value is -1.77. The topological polar surface area (TPSA) is 108 Å². The Bertz CT molecular complexity index is 594. The fraction of sp³-hybridized carbons (Fsp3) is 0.636. The van der Waals surface area contributed by atoms with Crippen molar-refractivity contribution in [3.63, 3.8) is 0 Å². The number of ether oxygens (including phenoxy) is 1. The first-order valence-corrected chi connectivity index (χ1v) is 8.10. The Morgan fingerprint density at radius 2 is 2.10 bits per heavy atom. The second-order valence-corrected chi connectivity index (χ2v) is 6.70. The number of aromatic nitrogens is 2. The van der Waals surface area contributed by atoms with E-state index >= 15 is 0 Å². The molecule has 20 heavy (non-hydrogen) atoms. The van der Waals surface area contributed by atoms with Crippen LogP contribution in [-0.2, 0) is 21.1 Å². The highest BCUT2D eigenvalue weighted by atomic mass is 32.2. The highest BCUT2D eigenvalue weighted by molar-refractivity contribution is 7.90. The van der Waals surface area contributed by atoms with E-state index in [1.54, 1.807) is 11.9 Å². The number of carbonyl (C=O) groups is 1. The van der Waals surface area contributed by atoms with Crippen LogP contribution < -0.4 is 10.6 Å². The van der Waals surface area contributed by atoms with E-state index in [9.17, 15) is 13.2 Å². The fourth-order valence-electron chi connectivity index (χ4n) is 1.60. The Balaban J connectivity index is 3.21. The second kappa shape index (κ2) is 6.12. The summed E-state index contributed by atoms with van der Waals surface area (Å²) in [7, 11) is -0.126. The van der Waals surface area contributed by atoms with Crippen LogP contribution in [0.25, 0.3) is 0 Å². The monoisotopic (exact) mass is 304 g/mol. The molecule has 0 bridgehead atoms. The number of nitrogens with zero attached hydrogens (tertiary/aromatic N) is 3. The van der Waals surface area contributed by atoms with Crippen molar-refractivity contribution in [2.75, 3.05) is 43.3 Å². The molecule has 1 aromatic heterocycles. The van der Waals surface area contributed by atoms with E-state index in [2.05, 4.69) is 5.10 Å². The number of anilines is 2. The fourth-order valence-corrected chi connectivity index (χ4v) is 2.10. The molecule has 0 amide bonds. The molecular weight excluding hydrogens is 284 g/mol. The number of rotatable bonds is 6. The SMILES string of the molecule is CCN(C)c1nn(CCS(C)(=O)=O)c(N)c1C(=O)OC. The minimum absolute atomic E-state index is 0.0895. The van der Waals surface area contributed by atoms with Crippen molar-refractivity contribution in [1.82, 2.24) is 9.78 Å². The first-order chi connectivity index (χ1) is 9.21. The molecule has 0 saturated heterocycles. The molecule has 0 aliphatic carbocycles. The lowest BCUT2D eigenvalue weighted by Crippen LogP contribution is -2.19. The van der Waals surface area contributed by atoms with Gasteiger partial charge in [-0.1, -0.05) is 0 Å². The summed E-state index contributed by atoms with van der Waals surface area (Å²) in [5.74, 6) is -0.209. The van der Waals surface area contributed by atoms with Gasteiger partial charge in [0.25, 0.3) is 0 Å². The van der Waals surface area contributed by atoms with E-state index < -0.39 is 15.8 Å². The third kappa shape index (κ3) is 3.62. The van der Waals surface area contributed by atoms with E-state index in [1.807, 2.05) is 6.92 Å². The molecule has 114 valence electrons. The molecule has 1 rings (SSSR count). The molecule has 0 fully saturated rings. The molecule has 0 aromatic carbocycles. The lowest BCUT2D eigenvalue weighted by Gasteiger charge is -2.14. The summed E-state index contributed by atoms with van der Waals surface area (Å²) in [6.45, 7) is 2.60. The van der Waals surface area contributed by atoms with Crippen molar-refractivity contribution >= 4 is 27.4 Å². The maximum Gasteiger partial charge on any atom is 0.345 e. The summed E-state index contributed by atoms with van der Waals surface area (Å²) in [6.07, 6.45) is 1.13. The summed E-state index contributed by atoms with van der Waals surface area (Å²) in [5.41, 5.74) is 6.04. The molecule has 9 heteroatoms. The van der Waals surface area contributed by atoms with Crippen LogP contribution in [0.4, 0.5) is 11.6 Å². The molecule has 2 N–H and O–H groups in total. The minimum atomic E-state index is -3.14. The molecule has 0 aliphatic heterocycles. The molecule has 8 nitrogen and oxygen atoms in total. The highest BCUT2D eigenvalue weighted by Gasteiger charge is 2.25. The van der Waals surface area contributed by atoms with E-state index in [4.69, 9.17) is 10.5 Å². The molecule has 1 aromatic rings. The van der Waals surface area contributed by atoms with E-state index in [0.29, 0.717) is 12.4 Å². The van der Waals surface area contributed by atoms with Gasteiger partial charge in [0.2, 0.25) is 0 Å². The van der Waals surface area contributed by atoms with Gasteiger partial charge in [0.05, 0.1) is 19.4 Å². The molecule has 0 saturated carbocycles. The van der Waals surface area contributed by atoms with Gasteiger partial charge in [0.15, 0.2) is 5.82 Å². The van der Waals surface area contributed by atoms with Crippen LogP contribution in [0.3, 0.4) is 0 Å². The van der Waals surface area contributed by atoms with Crippen LogP contribution in [0, 0.1) is 0 Å². The molecule has 0 aliphatic rings. The highest BCUT2D eigenvalue weighted by Crippen LogP contribution is 2.25. The van der Waals surface area contributed by atoms with Crippen LogP contribution in [0.5, 0.6) is 0 Å². The normalized spacial score (nSPS) is 11.4. The van der Waals surface area contributed by atoms with E-state index in [-0.39, 0.29) is 23.7 Å². The smallest absolute Gasteiger partial charge is 0.345 e. The van der Waals surface area contributed by atoms with Gasteiger partial charge in [-0.15, -0.1) is 0 Å². The largest absolute Gasteiger partial charge is 0.465 e. The number of nitrogen functional groups attached to an aromatic ring is 1. The number of methoxy groups -OCH3 is 1. The second-order valence-electron chi connectivity index (χ2n) is 4.44. The number of esters is 1. The van der Waals surface area contributed by atoms with Crippen LogP contribution >= 0.6 is 0 Å². The van der Waals surface area contributed by atoms with Crippen LogP contribution in [0.15, 0.2) is 0 Å². The van der Waals surface area contributed by atoms with E-state index in [0.717, 1.165) is 6.26 Å². The van der Waals surface area contributed by atoms with Crippen LogP contribution in [-0.4, -0.2) is 56.9 Å². The van der Waals surface area contributed by atoms with Gasteiger partial charge < -0.3 is 15.4 Å². The van der Waals surface area contributed by atoms with Crippen LogP contribution in [0.2, 0.25) is 0 Å². The van der Waals surface area contributed by atoms with Gasteiger partial charge in [-0.05, 0) is 6.92 Å². The van der Waals surface area contributed by atoms with Gasteiger partial charge in [0.1, 0.15) is 21.2 Å². The first-order valence-electron chi connectivity index (χ1n) is 6.04. The Labute approximate surface area is 118 Å². The number of hydrogen-bond donors (Lipinski definition) is 1. The van der Waals surface area contributed by atoms with Gasteiger partial charge in [-0.3, -0.25) is 0 Å². The standard InChI is InChI=1S/C11H20N4O4S/c1-5-14(2)10-8(11(16)19-3)9(12)15(13-10)6-7-20(4,17)18/h5-7,12H2,1-4H3. The van der Waals surface area contributed by atoms with Crippen molar-refractivity contribution in [3.05, 3.63) is 5.56 Å². The molecular formula is C11H20N4O4S. The van der Waals surface area contributed by atoms with Crippen LogP contribution in [0.1, 0.15) is 17.3 Å². The molecule has 0 unspecified atom stereocenters. The summed E-state index contributed by atoms with van der Waals surface area (Å²) in [6, 6.07) is 0. The third-order valence-corrected chi connectivity index (χ3v) is 3.80. The zero-order chi connectivity index (χ0) is 15.5. The number of aryl methyl sites for hydroxylation is 1. The maximum atomic E-state index is 11.8. The number of nitrogens with two attached hydrogens (primary N) is 1. The number of hydrogen-bond acceptors (Lipinski definition) is 7. The molecule has 0 atom stereocenters. The number of sulfone groups is 1. The summed E-state index contributed by atoms with van der Waals surface area (Å²) < 4.78 is 28.4. The van der Waals surface area contributed by atoms with Gasteiger partial charge in [0, 0.05) is 19.8 Å². The zero-order valence-electron chi connectivity index (χ0n) is 12.1. The lowest BCUT2D eigenvalue weighted by molar-refractivity contribution is 0.0602. The maximum absolute atomic E-state index is 11.8. The Kier molecular flexibility index (Phi) is 4.98. The first kappa shape index (κ1) is 16.3. The summed E-state index contributed by atoms with van der Waals surface area (Å²) >= 11 is 0. The van der Waals surface area contributed by atoms with Gasteiger partial charge in [-0.2, -0.15) is 5.10 Å². The third-order valence-electron chi connectivity index (χ3n) is 2.87. The minimum Gasteiger partial charge on any atom is -0.465 e. The van der Waals surface area contributed by atoms with Crippen molar-refractivity contribution < 1.29 is 17.9 Å². The lowest BCUT2D eigenvalue weighted by atomic mass is 10.3. The Morgan fingerprint density at radius 1 is 1.50 bits per heavy atom. The van der Waals surface area contributed by atoms with Gasteiger partial charge >= 0.3 is 5.97 Å². The zero-order valence-corrected chi connectivity index (χ0v) is 12.9. The molecule has 0 spiro atoms. The average Bonchev–Trinajstić information content (AvgIpc) is 2.71. The molecule has 1 heterocycles. The Morgan fingerprint density at radius 3 is 2.55 bits per heavy atom. The predicted molar refractivity (Wildman–Crippen MR) is 76.6 cm³/mol. The van der Waals surface area contributed by atoms with E-state index in [1.165, 1.54) is 11.8 Å². The van der Waals surface area contributed by atoms with Crippen molar-refractivity contribution in [3.8, 4) is 0 Å². The number of carbonyl (C=O) groups excluding carboxylic acids is 1. The quantitative estimate of drug-likeness (QED) is 0.722. The summed E-state index contributed by atoms with van der Waals surface area (Å²) in [5, 5.41) is 4.20. The van der Waals surface area contributed by atoms with Crippen molar-refractivity contribution in [2.45, 2.75) is 13.5 Å². The predicted octanol–water partition coefficient (Wildman–Crippen LogP) is -0.247. The molecule has 0 radical (unpaired) electrons. The van der Waals surface area contributed by atoms with Crippen molar-refractivity contribution in [1.29, 1.82) is 0 Å². The average molecular weight is 304 g/mol. The summed E-state index contributed by atoms with van der Waals surface area (Å²) in [4.78, 5) is 13.5. The van der Waals surface area contributed by atoms with Crippen molar-refractivity contribution in [2.24, 2.45) is 0 Å².